The van der Waals surface area contributed by atoms with Crippen molar-refractivity contribution < 1.29 is 14.6 Å². The van der Waals surface area contributed by atoms with Crippen molar-refractivity contribution in [2.24, 2.45) is 0 Å². The average Bonchev–Trinajstić information content (AvgIpc) is 2.73. The molecule has 162 valence electrons. The summed E-state index contributed by atoms with van der Waals surface area (Å²) in [7, 11) is 1.61. The van der Waals surface area contributed by atoms with Crippen LogP contribution in [0.15, 0.2) is 42.5 Å². The largest absolute Gasteiger partial charge is 0.497 e. The normalized spacial score (nSPS) is 10.5. The molecule has 0 aliphatic rings. The van der Waals surface area contributed by atoms with E-state index in [4.69, 9.17) is 40.2 Å². The molecule has 0 aliphatic heterocycles. The van der Waals surface area contributed by atoms with E-state index in [2.05, 4.69) is 20.9 Å². The Kier molecular flexibility index (Phi) is 7.73. The SMILES string of the molecule is COc1ccc(NC(=S)NCCCNc2cc(C(=O)O)nc3cc(Cl)cc(Cl)c23)cc1. The Balaban J connectivity index is 1.56. The molecular weight excluding hydrogens is 459 g/mol. The van der Waals surface area contributed by atoms with Gasteiger partial charge in [0.1, 0.15) is 5.75 Å². The number of ether oxygens (including phenoxy) is 1. The second-order valence-electron chi connectivity index (χ2n) is 6.53. The van der Waals surface area contributed by atoms with Gasteiger partial charge in [0.05, 0.1) is 17.6 Å². The molecule has 0 radical (unpaired) electrons. The summed E-state index contributed by atoms with van der Waals surface area (Å²) in [6.45, 7) is 1.18. The van der Waals surface area contributed by atoms with Gasteiger partial charge in [-0.15, -0.1) is 0 Å². The van der Waals surface area contributed by atoms with Crippen LogP contribution < -0.4 is 20.7 Å². The van der Waals surface area contributed by atoms with Gasteiger partial charge in [-0.1, -0.05) is 23.2 Å². The number of carbonyl (C=O) groups is 1. The number of aromatic nitrogens is 1. The van der Waals surface area contributed by atoms with Crippen LogP contribution in [0.5, 0.6) is 5.75 Å². The summed E-state index contributed by atoms with van der Waals surface area (Å²) >= 11 is 17.7. The second kappa shape index (κ2) is 10.5. The number of hydrogen-bond donors (Lipinski definition) is 4. The fraction of sp³-hybridized carbons (Fsp3) is 0.190. The summed E-state index contributed by atoms with van der Waals surface area (Å²) in [5.74, 6) is -0.356. The monoisotopic (exact) mass is 478 g/mol. The molecule has 31 heavy (non-hydrogen) atoms. The minimum atomic E-state index is -1.13. The maximum absolute atomic E-state index is 11.4. The van der Waals surface area contributed by atoms with Crippen LogP contribution in [-0.4, -0.2) is 41.4 Å². The van der Waals surface area contributed by atoms with Gasteiger partial charge >= 0.3 is 5.97 Å². The molecule has 0 saturated carbocycles. The zero-order chi connectivity index (χ0) is 22.4. The van der Waals surface area contributed by atoms with Crippen LogP contribution in [0.4, 0.5) is 11.4 Å². The molecule has 2 aromatic carbocycles. The highest BCUT2D eigenvalue weighted by Crippen LogP contribution is 2.33. The number of rotatable bonds is 8. The third-order valence-corrected chi connectivity index (χ3v) is 5.11. The van der Waals surface area contributed by atoms with Crippen molar-refractivity contribution in [3.63, 3.8) is 0 Å². The molecule has 0 spiro atoms. The van der Waals surface area contributed by atoms with Gasteiger partial charge in [-0.25, -0.2) is 9.78 Å². The summed E-state index contributed by atoms with van der Waals surface area (Å²) in [5.41, 5.74) is 1.77. The summed E-state index contributed by atoms with van der Waals surface area (Å²) < 4.78 is 5.13. The molecule has 10 heteroatoms. The number of methoxy groups -OCH3 is 1. The summed E-state index contributed by atoms with van der Waals surface area (Å²) in [5, 5.41) is 20.7. The number of halogens is 2. The average molecular weight is 479 g/mol. The number of nitrogens with zero attached hydrogens (tertiary/aromatic N) is 1. The zero-order valence-corrected chi connectivity index (χ0v) is 18.9. The lowest BCUT2D eigenvalue weighted by molar-refractivity contribution is 0.0691. The third kappa shape index (κ3) is 6.10. The summed E-state index contributed by atoms with van der Waals surface area (Å²) in [6, 6.07) is 12.1. The first-order valence-electron chi connectivity index (χ1n) is 9.33. The molecular formula is C21H20Cl2N4O3S. The van der Waals surface area contributed by atoms with Crippen LogP contribution in [0.2, 0.25) is 10.0 Å². The Labute approximate surface area is 194 Å². The standard InChI is InChI=1S/C21H20Cl2N4O3S/c1-30-14-5-3-13(4-6-14)26-21(31)25-8-2-7-24-16-11-18(20(28)29)27-17-10-12(22)9-15(23)19(16)17/h3-6,9-11H,2,7-8H2,1H3,(H,24,27)(H,28,29)(H2,25,26,31). The number of nitrogens with one attached hydrogen (secondary N) is 3. The highest BCUT2D eigenvalue weighted by molar-refractivity contribution is 7.80. The van der Waals surface area contributed by atoms with E-state index in [0.29, 0.717) is 44.8 Å². The molecule has 0 atom stereocenters. The molecule has 3 aromatic rings. The number of benzene rings is 2. The van der Waals surface area contributed by atoms with Gasteiger partial charge in [-0.05, 0) is 61.1 Å². The number of pyridine rings is 1. The van der Waals surface area contributed by atoms with Crippen molar-refractivity contribution in [2.75, 3.05) is 30.8 Å². The van der Waals surface area contributed by atoms with Gasteiger partial charge in [-0.3, -0.25) is 0 Å². The molecule has 0 amide bonds. The summed E-state index contributed by atoms with van der Waals surface area (Å²) in [4.78, 5) is 15.5. The van der Waals surface area contributed by atoms with Gasteiger partial charge in [0, 0.05) is 34.9 Å². The summed E-state index contributed by atoms with van der Waals surface area (Å²) in [6.07, 6.45) is 0.724. The molecule has 0 bridgehead atoms. The topological polar surface area (TPSA) is 95.5 Å². The van der Waals surface area contributed by atoms with Crippen LogP contribution >= 0.6 is 35.4 Å². The van der Waals surface area contributed by atoms with Crippen LogP contribution in [0, 0.1) is 0 Å². The van der Waals surface area contributed by atoms with Gasteiger partial charge < -0.3 is 25.8 Å². The van der Waals surface area contributed by atoms with Gasteiger partial charge in [0.2, 0.25) is 0 Å². The molecule has 0 saturated heterocycles. The van der Waals surface area contributed by atoms with Crippen LogP contribution in [0.25, 0.3) is 10.9 Å². The van der Waals surface area contributed by atoms with Crippen molar-refractivity contribution in [1.82, 2.24) is 10.3 Å². The lowest BCUT2D eigenvalue weighted by Gasteiger charge is -2.14. The minimum absolute atomic E-state index is 0.0867. The predicted octanol–water partition coefficient (Wildman–Crippen LogP) is 5.04. The molecule has 0 aliphatic carbocycles. The Hall–Kier alpha value is -2.81. The molecule has 1 aromatic heterocycles. The highest BCUT2D eigenvalue weighted by atomic mass is 35.5. The third-order valence-electron chi connectivity index (χ3n) is 4.35. The Bertz CT molecular complexity index is 1110. The first-order chi connectivity index (χ1) is 14.9. The first kappa shape index (κ1) is 22.9. The van der Waals surface area contributed by atoms with Gasteiger partial charge in [0.25, 0.3) is 0 Å². The molecule has 3 rings (SSSR count). The maximum atomic E-state index is 11.4. The Morgan fingerprint density at radius 1 is 1.16 bits per heavy atom. The van der Waals surface area contributed by atoms with Gasteiger partial charge in [-0.2, -0.15) is 0 Å². The maximum Gasteiger partial charge on any atom is 0.354 e. The highest BCUT2D eigenvalue weighted by Gasteiger charge is 2.14. The van der Waals surface area contributed by atoms with E-state index in [-0.39, 0.29) is 5.69 Å². The molecule has 4 N–H and O–H groups in total. The smallest absolute Gasteiger partial charge is 0.354 e. The fourth-order valence-electron chi connectivity index (χ4n) is 2.90. The van der Waals surface area contributed by atoms with Crippen molar-refractivity contribution in [2.45, 2.75) is 6.42 Å². The Morgan fingerprint density at radius 2 is 1.90 bits per heavy atom. The number of aromatic carboxylic acids is 1. The zero-order valence-electron chi connectivity index (χ0n) is 16.5. The van der Waals surface area contributed by atoms with E-state index in [0.717, 1.165) is 17.9 Å². The Morgan fingerprint density at radius 3 is 2.58 bits per heavy atom. The molecule has 0 fully saturated rings. The fourth-order valence-corrected chi connectivity index (χ4v) is 3.70. The van der Waals surface area contributed by atoms with E-state index >= 15 is 0 Å². The molecule has 7 nitrogen and oxygen atoms in total. The van der Waals surface area contributed by atoms with Crippen LogP contribution in [-0.2, 0) is 0 Å². The number of carboxylic acids is 1. The van der Waals surface area contributed by atoms with Crippen molar-refractivity contribution in [3.05, 3.63) is 58.2 Å². The van der Waals surface area contributed by atoms with E-state index in [1.165, 1.54) is 6.07 Å². The molecule has 1 heterocycles. The molecule has 0 unspecified atom stereocenters. The lowest BCUT2D eigenvalue weighted by Crippen LogP contribution is -2.30. The van der Waals surface area contributed by atoms with Crippen molar-refractivity contribution in [1.29, 1.82) is 0 Å². The minimum Gasteiger partial charge on any atom is -0.497 e. The van der Waals surface area contributed by atoms with Gasteiger partial charge in [0.15, 0.2) is 10.8 Å². The predicted molar refractivity (Wildman–Crippen MR) is 129 cm³/mol. The number of fused-ring (bicyclic) bond motifs is 1. The number of thiocarbonyl (C=S) groups is 1. The van der Waals surface area contributed by atoms with E-state index < -0.39 is 5.97 Å². The number of carboxylic acid groups (broad SMARTS) is 1. The lowest BCUT2D eigenvalue weighted by atomic mass is 10.1. The first-order valence-corrected chi connectivity index (χ1v) is 10.5. The van der Waals surface area contributed by atoms with Crippen LogP contribution in [0.3, 0.4) is 0 Å². The van der Waals surface area contributed by atoms with Crippen LogP contribution in [0.1, 0.15) is 16.9 Å². The number of anilines is 2. The van der Waals surface area contributed by atoms with Crippen molar-refractivity contribution in [3.8, 4) is 5.75 Å². The van der Waals surface area contributed by atoms with E-state index in [9.17, 15) is 9.90 Å². The van der Waals surface area contributed by atoms with E-state index in [1.807, 2.05) is 24.3 Å². The second-order valence-corrected chi connectivity index (χ2v) is 7.78. The quantitative estimate of drug-likeness (QED) is 0.264. The number of hydrogen-bond acceptors (Lipinski definition) is 5. The van der Waals surface area contributed by atoms with Crippen molar-refractivity contribution >= 4 is 68.8 Å². The van der Waals surface area contributed by atoms with E-state index in [1.54, 1.807) is 19.2 Å².